The van der Waals surface area contributed by atoms with Crippen LogP contribution >= 0.6 is 0 Å². The number of hydrogen-bond acceptors (Lipinski definition) is 10. The van der Waals surface area contributed by atoms with Crippen LogP contribution in [-0.4, -0.2) is 81.6 Å². The fraction of sp³-hybridized carbons (Fsp3) is 0.634. The zero-order valence-electron chi connectivity index (χ0n) is 54.6. The average Bonchev–Trinajstić information content (AvgIpc) is 3.41. The lowest BCUT2D eigenvalue weighted by atomic mass is 9.76. The minimum Gasteiger partial charge on any atom is -0.507 e. The van der Waals surface area contributed by atoms with Crippen LogP contribution in [0.25, 0.3) is 0 Å². The highest BCUT2D eigenvalue weighted by atomic mass is 16.7. The van der Waals surface area contributed by atoms with E-state index in [0.29, 0.717) is 33.4 Å². The number of carbonyl (C=O) groups is 2. The van der Waals surface area contributed by atoms with Gasteiger partial charge in [0.25, 0.3) is 0 Å². The first-order valence-electron chi connectivity index (χ1n) is 30.0. The normalized spacial score (nSPS) is 19.7. The summed E-state index contributed by atoms with van der Waals surface area (Å²) >= 11 is 0. The molecular formula is C71H104O12. The van der Waals surface area contributed by atoms with Crippen molar-refractivity contribution >= 4 is 11.9 Å². The lowest BCUT2D eigenvalue weighted by Gasteiger charge is -2.49. The van der Waals surface area contributed by atoms with Crippen LogP contribution in [0.4, 0.5) is 0 Å². The second-order valence-corrected chi connectivity index (χ2v) is 32.5. The van der Waals surface area contributed by atoms with Gasteiger partial charge in [-0.05, 0) is 125 Å². The van der Waals surface area contributed by atoms with Gasteiger partial charge in [0.15, 0.2) is 12.6 Å². The summed E-state index contributed by atoms with van der Waals surface area (Å²) in [5, 5.41) is 68.8. The molecule has 2 saturated heterocycles. The van der Waals surface area contributed by atoms with Gasteiger partial charge in [-0.2, -0.15) is 0 Å². The van der Waals surface area contributed by atoms with Gasteiger partial charge in [0, 0.05) is 23.7 Å². The molecule has 6 rings (SSSR count). The molecule has 2 heterocycles. The molecule has 6 N–H and O–H groups in total. The maximum absolute atomic E-state index is 13.2. The van der Waals surface area contributed by atoms with Crippen molar-refractivity contribution in [3.63, 3.8) is 0 Å². The van der Waals surface area contributed by atoms with Crippen molar-refractivity contribution in [2.75, 3.05) is 26.4 Å². The molecule has 4 aromatic carbocycles. The molecule has 2 aliphatic rings. The summed E-state index contributed by atoms with van der Waals surface area (Å²) in [7, 11) is 0. The highest BCUT2D eigenvalue weighted by Crippen LogP contribution is 2.47. The second-order valence-electron chi connectivity index (χ2n) is 32.5. The van der Waals surface area contributed by atoms with E-state index in [4.69, 9.17) is 18.9 Å². The topological polar surface area (TPSA) is 192 Å². The van der Waals surface area contributed by atoms with Gasteiger partial charge in [-0.1, -0.05) is 201 Å². The lowest BCUT2D eigenvalue weighted by Crippen LogP contribution is -2.56. The Morgan fingerprint density at radius 1 is 0.410 bits per heavy atom. The van der Waals surface area contributed by atoms with E-state index in [0.717, 1.165) is 33.4 Å². The highest BCUT2D eigenvalue weighted by molar-refractivity contribution is 5.71. The van der Waals surface area contributed by atoms with Gasteiger partial charge < -0.3 is 49.6 Å². The first kappa shape index (κ1) is 67.0. The van der Waals surface area contributed by atoms with Crippen molar-refractivity contribution in [1.82, 2.24) is 0 Å². The summed E-state index contributed by atoms with van der Waals surface area (Å²) in [6, 6.07) is 15.8. The van der Waals surface area contributed by atoms with E-state index in [1.807, 2.05) is 106 Å². The average molecular weight is 1150 g/mol. The first-order valence-corrected chi connectivity index (χ1v) is 30.0. The zero-order chi connectivity index (χ0) is 62.8. The van der Waals surface area contributed by atoms with Crippen LogP contribution in [-0.2, 0) is 86.7 Å². The number of phenolic OH excluding ortho intramolecular Hbond substituents is 4. The third-order valence-electron chi connectivity index (χ3n) is 17.2. The van der Waals surface area contributed by atoms with E-state index in [9.17, 15) is 40.2 Å². The quantitative estimate of drug-likeness (QED) is 0.0623. The van der Waals surface area contributed by atoms with E-state index >= 15 is 0 Å². The SMILES string of the molecule is CC(C)(C)c1cc(Cc2cc(CC(CC(C)(C)C3OCC4(CO3)COC(C(C)(C)CC(Cc3cc(Cc5cc(C(C)(C)C)cc(C(C)(C)C)c5O)c(O)c(C(C)(C)C)c3)C(=O)O)OC4)C(=O)O)cc(C(C)(C)C)c2O)c(O)c(C(C)(C)C)c1. The van der Waals surface area contributed by atoms with Crippen molar-refractivity contribution in [2.45, 2.75) is 236 Å². The fourth-order valence-electron chi connectivity index (χ4n) is 12.0. The number of benzene rings is 4. The lowest BCUT2D eigenvalue weighted by molar-refractivity contribution is -0.335. The van der Waals surface area contributed by atoms with Crippen LogP contribution in [0.3, 0.4) is 0 Å². The molecule has 4 aromatic rings. The molecule has 12 heteroatoms. The van der Waals surface area contributed by atoms with Gasteiger partial charge in [0.1, 0.15) is 23.0 Å². The number of ether oxygens (including phenoxy) is 4. The van der Waals surface area contributed by atoms with Crippen molar-refractivity contribution in [3.8, 4) is 23.0 Å². The van der Waals surface area contributed by atoms with Gasteiger partial charge in [0.2, 0.25) is 0 Å². The molecule has 460 valence electrons. The molecule has 12 nitrogen and oxygen atoms in total. The molecule has 2 unspecified atom stereocenters. The van der Waals surface area contributed by atoms with Crippen LogP contribution in [0.1, 0.15) is 232 Å². The Morgan fingerprint density at radius 2 is 0.663 bits per heavy atom. The fourth-order valence-corrected chi connectivity index (χ4v) is 12.0. The van der Waals surface area contributed by atoms with E-state index in [1.54, 1.807) is 0 Å². The number of carboxylic acids is 2. The minimum atomic E-state index is -0.952. The van der Waals surface area contributed by atoms with Gasteiger partial charge >= 0.3 is 11.9 Å². The molecule has 83 heavy (non-hydrogen) atoms. The molecule has 0 aromatic heterocycles. The van der Waals surface area contributed by atoms with Gasteiger partial charge in [0.05, 0.1) is 43.7 Å². The minimum absolute atomic E-state index is 0.140. The molecule has 2 aliphatic heterocycles. The Morgan fingerprint density at radius 3 is 0.904 bits per heavy atom. The second kappa shape index (κ2) is 23.6. The van der Waals surface area contributed by atoms with Crippen molar-refractivity contribution in [2.24, 2.45) is 28.1 Å². The monoisotopic (exact) mass is 1150 g/mol. The van der Waals surface area contributed by atoms with Crippen LogP contribution in [0.5, 0.6) is 23.0 Å². The van der Waals surface area contributed by atoms with Crippen molar-refractivity contribution in [1.29, 1.82) is 0 Å². The number of phenols is 4. The van der Waals surface area contributed by atoms with Crippen LogP contribution < -0.4 is 0 Å². The third-order valence-corrected chi connectivity index (χ3v) is 17.2. The predicted molar refractivity (Wildman–Crippen MR) is 331 cm³/mol. The number of aliphatic carboxylic acids is 2. The summed E-state index contributed by atoms with van der Waals surface area (Å²) in [6.45, 7) is 46.2. The summed E-state index contributed by atoms with van der Waals surface area (Å²) < 4.78 is 26.0. The maximum atomic E-state index is 13.2. The molecule has 0 amide bonds. The largest absolute Gasteiger partial charge is 0.507 e. The molecular weight excluding hydrogens is 1040 g/mol. The number of carboxylic acid groups (broad SMARTS) is 2. The zero-order valence-corrected chi connectivity index (χ0v) is 54.6. The molecule has 1 spiro atoms. The summed E-state index contributed by atoms with van der Waals surface area (Å²) in [5.74, 6) is -2.88. The molecule has 0 saturated carbocycles. The number of rotatable bonds is 16. The Balaban J connectivity index is 1.14. The van der Waals surface area contributed by atoms with E-state index in [1.165, 1.54) is 0 Å². The molecule has 2 atom stereocenters. The highest BCUT2D eigenvalue weighted by Gasteiger charge is 2.49. The Kier molecular flexibility index (Phi) is 19.1. The summed E-state index contributed by atoms with van der Waals surface area (Å²) in [5.41, 5.74) is 5.29. The van der Waals surface area contributed by atoms with Crippen molar-refractivity contribution < 1.29 is 59.2 Å². The van der Waals surface area contributed by atoms with E-state index in [2.05, 4.69) is 95.2 Å². The molecule has 0 aliphatic carbocycles. The summed E-state index contributed by atoms with van der Waals surface area (Å²) in [6.07, 6.45) is -0.0904. The first-order chi connectivity index (χ1) is 37.6. The number of hydrogen-bond donors (Lipinski definition) is 6. The third kappa shape index (κ3) is 15.8. The standard InChI is InChI=1S/C71H104O12/c1-63(2,3)49-31-45(57(74)53(33-49)67(13,14)15)29-43-23-41(27-51(55(43)72)65(7,8)9)25-47(59(76)77)35-69(19,20)61-80-37-71(38-81-61)39-82-62(83-40-71)70(21,22)36-48(60(78)79)26-42-24-44(56(73)52(28-42)66(10,11)12)30-46-32-50(64(4,5)6)34-54(58(46)75)68(16,17)18/h23-24,27-28,31-34,47-48,61-62,72-75H,25-26,29-30,35-40H2,1-22H3,(H,76,77)(H,78,79). The number of aromatic hydroxyl groups is 4. The smallest absolute Gasteiger partial charge is 0.306 e. The van der Waals surface area contributed by atoms with Crippen LogP contribution in [0, 0.1) is 28.1 Å². The van der Waals surface area contributed by atoms with E-state index in [-0.39, 0.29) is 110 Å². The predicted octanol–water partition coefficient (Wildman–Crippen LogP) is 15.2. The molecule has 2 fully saturated rings. The van der Waals surface area contributed by atoms with Gasteiger partial charge in [-0.25, -0.2) is 0 Å². The van der Waals surface area contributed by atoms with Gasteiger partial charge in [-0.15, -0.1) is 0 Å². The van der Waals surface area contributed by atoms with Crippen molar-refractivity contribution in [3.05, 3.63) is 115 Å². The molecule has 0 radical (unpaired) electrons. The summed E-state index contributed by atoms with van der Waals surface area (Å²) in [4.78, 5) is 26.4. The Hall–Kier alpha value is -5.14. The van der Waals surface area contributed by atoms with Crippen LogP contribution in [0.2, 0.25) is 0 Å². The molecule has 0 bridgehead atoms. The van der Waals surface area contributed by atoms with Gasteiger partial charge in [-0.3, -0.25) is 9.59 Å². The van der Waals surface area contributed by atoms with Crippen LogP contribution in [0.15, 0.2) is 48.5 Å². The Bertz CT molecular complexity index is 2790. The Labute approximate surface area is 497 Å². The van der Waals surface area contributed by atoms with E-state index < -0.39 is 63.4 Å². The maximum Gasteiger partial charge on any atom is 0.306 e.